The van der Waals surface area contributed by atoms with Gasteiger partial charge in [0.15, 0.2) is 0 Å². The molecule has 5 nitrogen and oxygen atoms in total. The first-order valence-electron chi connectivity index (χ1n) is 9.04. The first-order chi connectivity index (χ1) is 13.4. The molecule has 0 aromatic heterocycles. The van der Waals surface area contributed by atoms with Crippen molar-refractivity contribution in [3.05, 3.63) is 64.1 Å². The number of rotatable bonds is 9. The predicted molar refractivity (Wildman–Crippen MR) is 112 cm³/mol. The van der Waals surface area contributed by atoms with Gasteiger partial charge < -0.3 is 15.0 Å². The summed E-state index contributed by atoms with van der Waals surface area (Å²) in [7, 11) is 1.56. The van der Waals surface area contributed by atoms with Crippen LogP contribution < -0.4 is 10.1 Å². The summed E-state index contributed by atoms with van der Waals surface area (Å²) in [5.74, 6) is 0.388. The van der Waals surface area contributed by atoms with Gasteiger partial charge in [-0.2, -0.15) is 0 Å². The molecule has 0 fully saturated rings. The minimum absolute atomic E-state index is 0.106. The minimum Gasteiger partial charge on any atom is -0.494 e. The molecule has 1 atom stereocenters. The summed E-state index contributed by atoms with van der Waals surface area (Å²) in [6.07, 6.45) is 0.821. The predicted octanol–water partition coefficient (Wildman–Crippen LogP) is 4.32. The number of ether oxygens (including phenoxy) is 1. The Balaban J connectivity index is 1.94. The van der Waals surface area contributed by atoms with Crippen molar-refractivity contribution >= 4 is 35.0 Å². The highest BCUT2D eigenvalue weighted by molar-refractivity contribution is 6.30. The molecular formula is C21H24Cl2N2O3. The molecule has 150 valence electrons. The standard InChI is InChI=1S/C21H24Cl2N2O3/c1-15(21(27)24-2)25(14-16-5-7-17(22)8-6-16)20(26)4-3-13-28-19-11-9-18(23)10-12-19/h5-12,15H,3-4,13-14H2,1-2H3,(H,24,27)/t15-/m0/s1. The highest BCUT2D eigenvalue weighted by Gasteiger charge is 2.25. The van der Waals surface area contributed by atoms with E-state index in [1.807, 2.05) is 12.1 Å². The highest BCUT2D eigenvalue weighted by Crippen LogP contribution is 2.17. The first-order valence-corrected chi connectivity index (χ1v) is 9.80. The zero-order chi connectivity index (χ0) is 20.5. The van der Waals surface area contributed by atoms with Crippen molar-refractivity contribution in [2.24, 2.45) is 0 Å². The van der Waals surface area contributed by atoms with Crippen LogP contribution in [0.2, 0.25) is 10.0 Å². The molecule has 7 heteroatoms. The topological polar surface area (TPSA) is 58.6 Å². The van der Waals surface area contributed by atoms with Crippen LogP contribution in [-0.4, -0.2) is 36.4 Å². The lowest BCUT2D eigenvalue weighted by Crippen LogP contribution is -2.46. The summed E-state index contributed by atoms with van der Waals surface area (Å²) in [6.45, 7) is 2.45. The molecular weight excluding hydrogens is 399 g/mol. The van der Waals surface area contributed by atoms with Crippen LogP contribution >= 0.6 is 23.2 Å². The molecule has 0 saturated heterocycles. The van der Waals surface area contributed by atoms with Crippen LogP contribution in [0.3, 0.4) is 0 Å². The smallest absolute Gasteiger partial charge is 0.242 e. The fraction of sp³-hybridized carbons (Fsp3) is 0.333. The number of hydrogen-bond acceptors (Lipinski definition) is 3. The Morgan fingerprint density at radius 2 is 1.61 bits per heavy atom. The average molecular weight is 423 g/mol. The van der Waals surface area contributed by atoms with Crippen LogP contribution in [0.4, 0.5) is 0 Å². The zero-order valence-electron chi connectivity index (χ0n) is 16.0. The van der Waals surface area contributed by atoms with Crippen molar-refractivity contribution in [2.45, 2.75) is 32.4 Å². The third kappa shape index (κ3) is 6.73. The number of nitrogens with one attached hydrogen (secondary N) is 1. The van der Waals surface area contributed by atoms with Gasteiger partial charge in [-0.3, -0.25) is 9.59 Å². The van der Waals surface area contributed by atoms with E-state index in [1.54, 1.807) is 55.3 Å². The molecule has 0 heterocycles. The third-order valence-electron chi connectivity index (χ3n) is 4.30. The summed E-state index contributed by atoms with van der Waals surface area (Å²) in [4.78, 5) is 26.4. The lowest BCUT2D eigenvalue weighted by molar-refractivity contribution is -0.140. The van der Waals surface area contributed by atoms with E-state index in [-0.39, 0.29) is 18.2 Å². The number of nitrogens with zero attached hydrogens (tertiary/aromatic N) is 1. The second-order valence-electron chi connectivity index (χ2n) is 6.34. The molecule has 2 aromatic carbocycles. The molecule has 0 spiro atoms. The lowest BCUT2D eigenvalue weighted by Gasteiger charge is -2.28. The first kappa shape index (κ1) is 22.1. The lowest BCUT2D eigenvalue weighted by atomic mass is 10.1. The molecule has 0 aliphatic heterocycles. The molecule has 0 unspecified atom stereocenters. The monoisotopic (exact) mass is 422 g/mol. The number of carbonyl (C=O) groups is 2. The van der Waals surface area contributed by atoms with E-state index in [4.69, 9.17) is 27.9 Å². The van der Waals surface area contributed by atoms with Gasteiger partial charge in [0.25, 0.3) is 0 Å². The van der Waals surface area contributed by atoms with Gasteiger partial charge in [0.2, 0.25) is 11.8 Å². The molecule has 2 aromatic rings. The van der Waals surface area contributed by atoms with Crippen molar-refractivity contribution in [1.29, 1.82) is 0 Å². The maximum Gasteiger partial charge on any atom is 0.242 e. The number of amides is 2. The quantitative estimate of drug-likeness (QED) is 0.612. The van der Waals surface area contributed by atoms with E-state index in [0.29, 0.717) is 35.4 Å². The second-order valence-corrected chi connectivity index (χ2v) is 7.22. The van der Waals surface area contributed by atoms with Gasteiger partial charge in [0.1, 0.15) is 11.8 Å². The maximum atomic E-state index is 12.8. The SMILES string of the molecule is CNC(=O)[C@H](C)N(Cc1ccc(Cl)cc1)C(=O)CCCOc1ccc(Cl)cc1. The molecule has 2 amide bonds. The Kier molecular flexibility index (Phi) is 8.61. The van der Waals surface area contributed by atoms with Crippen molar-refractivity contribution in [3.63, 3.8) is 0 Å². The number of likely N-dealkylation sites (N-methyl/N-ethyl adjacent to an activating group) is 1. The molecule has 0 aliphatic carbocycles. The molecule has 0 radical (unpaired) electrons. The van der Waals surface area contributed by atoms with Gasteiger partial charge in [0, 0.05) is 30.1 Å². The fourth-order valence-corrected chi connectivity index (χ4v) is 2.92. The molecule has 0 aliphatic rings. The van der Waals surface area contributed by atoms with E-state index in [2.05, 4.69) is 5.32 Å². The number of benzene rings is 2. The van der Waals surface area contributed by atoms with Crippen LogP contribution in [-0.2, 0) is 16.1 Å². The molecule has 1 N–H and O–H groups in total. The summed E-state index contributed by atoms with van der Waals surface area (Å²) in [6, 6.07) is 13.7. The number of hydrogen-bond donors (Lipinski definition) is 1. The average Bonchev–Trinajstić information content (AvgIpc) is 2.70. The van der Waals surface area contributed by atoms with Gasteiger partial charge in [-0.15, -0.1) is 0 Å². The van der Waals surface area contributed by atoms with E-state index >= 15 is 0 Å². The Morgan fingerprint density at radius 1 is 1.04 bits per heavy atom. The van der Waals surface area contributed by atoms with Crippen LogP contribution in [0.25, 0.3) is 0 Å². The molecule has 2 rings (SSSR count). The van der Waals surface area contributed by atoms with Crippen LogP contribution in [0.1, 0.15) is 25.3 Å². The van der Waals surface area contributed by atoms with Crippen LogP contribution in [0.5, 0.6) is 5.75 Å². The van der Waals surface area contributed by atoms with Gasteiger partial charge in [0.05, 0.1) is 6.61 Å². The molecule has 28 heavy (non-hydrogen) atoms. The number of halogens is 2. The van der Waals surface area contributed by atoms with Gasteiger partial charge in [-0.05, 0) is 55.3 Å². The zero-order valence-corrected chi connectivity index (χ0v) is 17.5. The van der Waals surface area contributed by atoms with Gasteiger partial charge in [-0.25, -0.2) is 0 Å². The second kappa shape index (κ2) is 10.9. The van der Waals surface area contributed by atoms with Crippen molar-refractivity contribution in [3.8, 4) is 5.75 Å². The maximum absolute atomic E-state index is 12.8. The summed E-state index contributed by atoms with van der Waals surface area (Å²) < 4.78 is 5.63. The summed E-state index contributed by atoms with van der Waals surface area (Å²) in [5, 5.41) is 3.87. The van der Waals surface area contributed by atoms with Crippen molar-refractivity contribution < 1.29 is 14.3 Å². The van der Waals surface area contributed by atoms with E-state index in [0.717, 1.165) is 5.56 Å². The Hall–Kier alpha value is -2.24. The van der Waals surface area contributed by atoms with E-state index in [9.17, 15) is 9.59 Å². The van der Waals surface area contributed by atoms with E-state index < -0.39 is 6.04 Å². The minimum atomic E-state index is -0.578. The van der Waals surface area contributed by atoms with Gasteiger partial charge >= 0.3 is 0 Å². The third-order valence-corrected chi connectivity index (χ3v) is 4.80. The fourth-order valence-electron chi connectivity index (χ4n) is 2.67. The van der Waals surface area contributed by atoms with Crippen molar-refractivity contribution in [2.75, 3.05) is 13.7 Å². The van der Waals surface area contributed by atoms with Gasteiger partial charge in [-0.1, -0.05) is 35.3 Å². The number of carbonyl (C=O) groups excluding carboxylic acids is 2. The highest BCUT2D eigenvalue weighted by atomic mass is 35.5. The van der Waals surface area contributed by atoms with Crippen molar-refractivity contribution in [1.82, 2.24) is 10.2 Å². The van der Waals surface area contributed by atoms with Crippen LogP contribution in [0.15, 0.2) is 48.5 Å². The Bertz CT molecular complexity index is 779. The largest absolute Gasteiger partial charge is 0.494 e. The molecule has 0 bridgehead atoms. The molecule has 0 saturated carbocycles. The normalized spacial score (nSPS) is 11.6. The van der Waals surface area contributed by atoms with E-state index in [1.165, 1.54) is 0 Å². The Morgan fingerprint density at radius 3 is 2.18 bits per heavy atom. The summed E-state index contributed by atoms with van der Waals surface area (Å²) in [5.41, 5.74) is 0.908. The summed E-state index contributed by atoms with van der Waals surface area (Å²) >= 11 is 11.8. The van der Waals surface area contributed by atoms with Crippen LogP contribution in [0, 0.1) is 0 Å². The Labute approximate surface area is 175 Å².